The maximum Gasteiger partial charge on any atom is 0.225 e. The topological polar surface area (TPSA) is 62.0 Å². The van der Waals surface area contributed by atoms with Gasteiger partial charge >= 0.3 is 0 Å². The van der Waals surface area contributed by atoms with E-state index in [0.717, 1.165) is 38.3 Å². The van der Waals surface area contributed by atoms with Crippen molar-refractivity contribution in [3.8, 4) is 11.8 Å². The largest absolute Gasteiger partial charge is 0.490 e. The van der Waals surface area contributed by atoms with Crippen LogP contribution < -0.4 is 9.64 Å². The van der Waals surface area contributed by atoms with Gasteiger partial charge in [-0.15, -0.1) is 0 Å². The zero-order valence-corrected chi connectivity index (χ0v) is 16.3. The number of halogens is 2. The fourth-order valence-corrected chi connectivity index (χ4v) is 4.05. The summed E-state index contributed by atoms with van der Waals surface area (Å²) in [5.74, 6) is 2.42. The van der Waals surface area contributed by atoms with Crippen LogP contribution in [0.25, 0.3) is 0 Å². The summed E-state index contributed by atoms with van der Waals surface area (Å²) in [5, 5.41) is 9.35. The van der Waals surface area contributed by atoms with E-state index in [1.54, 1.807) is 24.5 Å². The number of nitriles is 1. The van der Waals surface area contributed by atoms with Gasteiger partial charge < -0.3 is 9.64 Å². The van der Waals surface area contributed by atoms with E-state index in [-0.39, 0.29) is 5.75 Å². The SMILES string of the molecule is N#Cc1ccc(OC[C@H]2C[C@@H]2CC2CCN(c3ncc(Cl)cn3)CC2)c(F)c1. The average molecular weight is 401 g/mol. The van der Waals surface area contributed by atoms with Crippen LogP contribution >= 0.6 is 11.6 Å². The highest BCUT2D eigenvalue weighted by Gasteiger charge is 2.39. The highest BCUT2D eigenvalue weighted by molar-refractivity contribution is 6.30. The Balaban J connectivity index is 1.19. The van der Waals surface area contributed by atoms with E-state index in [1.807, 2.05) is 6.07 Å². The van der Waals surface area contributed by atoms with Gasteiger partial charge in [-0.3, -0.25) is 0 Å². The molecule has 0 amide bonds. The molecule has 1 aromatic heterocycles. The lowest BCUT2D eigenvalue weighted by Gasteiger charge is -2.32. The van der Waals surface area contributed by atoms with Crippen molar-refractivity contribution in [2.24, 2.45) is 17.8 Å². The van der Waals surface area contributed by atoms with Crippen molar-refractivity contribution in [3.63, 3.8) is 0 Å². The number of ether oxygens (including phenoxy) is 1. The van der Waals surface area contributed by atoms with Crippen LogP contribution in [0.3, 0.4) is 0 Å². The van der Waals surface area contributed by atoms with E-state index < -0.39 is 5.82 Å². The Bertz CT molecular complexity index is 862. The van der Waals surface area contributed by atoms with Crippen LogP contribution in [0.1, 0.15) is 31.2 Å². The van der Waals surface area contributed by atoms with Crippen molar-refractivity contribution < 1.29 is 9.13 Å². The summed E-state index contributed by atoms with van der Waals surface area (Å²) in [4.78, 5) is 10.8. The molecule has 1 aliphatic carbocycles. The van der Waals surface area contributed by atoms with Gasteiger partial charge in [-0.25, -0.2) is 14.4 Å². The molecule has 0 bridgehead atoms. The van der Waals surface area contributed by atoms with E-state index in [1.165, 1.54) is 12.5 Å². The minimum absolute atomic E-state index is 0.237. The first-order valence-corrected chi connectivity index (χ1v) is 10.0. The maximum absolute atomic E-state index is 13.9. The molecule has 7 heteroatoms. The lowest BCUT2D eigenvalue weighted by molar-refractivity contribution is 0.268. The molecule has 2 heterocycles. The third-order valence-corrected chi connectivity index (χ3v) is 5.92. The maximum atomic E-state index is 13.9. The molecule has 2 aliphatic rings. The summed E-state index contributed by atoms with van der Waals surface area (Å²) in [6.07, 6.45) is 7.92. The fourth-order valence-electron chi connectivity index (χ4n) is 3.95. The molecule has 2 atom stereocenters. The van der Waals surface area contributed by atoms with Crippen LogP contribution in [0.15, 0.2) is 30.6 Å². The van der Waals surface area contributed by atoms with Gasteiger partial charge in [0.25, 0.3) is 0 Å². The van der Waals surface area contributed by atoms with E-state index in [4.69, 9.17) is 21.6 Å². The lowest BCUT2D eigenvalue weighted by atomic mass is 9.91. The van der Waals surface area contributed by atoms with Crippen LogP contribution in [0.2, 0.25) is 5.02 Å². The normalized spacial score (nSPS) is 22.0. The molecule has 28 heavy (non-hydrogen) atoms. The molecule has 1 saturated carbocycles. The predicted molar refractivity (Wildman–Crippen MR) is 105 cm³/mol. The van der Waals surface area contributed by atoms with Gasteiger partial charge in [0.1, 0.15) is 0 Å². The number of nitrogens with zero attached hydrogens (tertiary/aromatic N) is 4. The van der Waals surface area contributed by atoms with Crippen LogP contribution in [0.5, 0.6) is 5.75 Å². The molecule has 5 nitrogen and oxygen atoms in total. The Morgan fingerprint density at radius 2 is 1.96 bits per heavy atom. The summed E-state index contributed by atoms with van der Waals surface area (Å²) in [5.41, 5.74) is 0.310. The van der Waals surface area contributed by atoms with Crippen LogP contribution in [-0.4, -0.2) is 29.7 Å². The van der Waals surface area contributed by atoms with Gasteiger partial charge in [-0.2, -0.15) is 5.26 Å². The summed E-state index contributed by atoms with van der Waals surface area (Å²) in [6, 6.07) is 6.27. The second kappa shape index (κ2) is 8.32. The molecule has 0 unspecified atom stereocenters. The Hall–Kier alpha value is -2.39. The van der Waals surface area contributed by atoms with Crippen molar-refractivity contribution in [2.45, 2.75) is 25.7 Å². The minimum atomic E-state index is -0.465. The summed E-state index contributed by atoms with van der Waals surface area (Å²) in [7, 11) is 0. The highest BCUT2D eigenvalue weighted by atomic mass is 35.5. The van der Waals surface area contributed by atoms with Gasteiger partial charge in [-0.1, -0.05) is 11.6 Å². The van der Waals surface area contributed by atoms with Crippen molar-refractivity contribution in [1.29, 1.82) is 5.26 Å². The zero-order valence-electron chi connectivity index (χ0n) is 15.5. The Kier molecular flexibility index (Phi) is 5.63. The lowest BCUT2D eigenvalue weighted by Crippen LogP contribution is -2.35. The molecule has 1 aliphatic heterocycles. The van der Waals surface area contributed by atoms with Gasteiger partial charge in [0.05, 0.1) is 35.7 Å². The summed E-state index contributed by atoms with van der Waals surface area (Å²) in [6.45, 7) is 2.48. The van der Waals surface area contributed by atoms with E-state index in [0.29, 0.717) is 34.9 Å². The first kappa shape index (κ1) is 18.9. The van der Waals surface area contributed by atoms with E-state index in [2.05, 4.69) is 14.9 Å². The third-order valence-electron chi connectivity index (χ3n) is 5.72. The van der Waals surface area contributed by atoms with Crippen LogP contribution in [0, 0.1) is 34.9 Å². The van der Waals surface area contributed by atoms with Crippen molar-refractivity contribution in [1.82, 2.24) is 9.97 Å². The molecular weight excluding hydrogens is 379 g/mol. The van der Waals surface area contributed by atoms with Crippen molar-refractivity contribution in [3.05, 3.63) is 47.0 Å². The number of hydrogen-bond acceptors (Lipinski definition) is 5. The molecular formula is C21H22ClFN4O. The first-order chi connectivity index (χ1) is 13.6. The molecule has 1 saturated heterocycles. The third kappa shape index (κ3) is 4.53. The molecule has 2 aromatic rings. The standard InChI is InChI=1S/C21H22ClFN4O/c22-18-11-25-21(26-12-18)27-5-3-14(4-6-27)7-16-9-17(16)13-28-20-2-1-15(10-24)8-19(20)23/h1-2,8,11-12,14,16-17H,3-7,9,13H2/t16-,17+/m0/s1. The quantitative estimate of drug-likeness (QED) is 0.716. The van der Waals surface area contributed by atoms with Crippen LogP contribution in [-0.2, 0) is 0 Å². The van der Waals surface area contributed by atoms with Crippen LogP contribution in [0.4, 0.5) is 10.3 Å². The predicted octanol–water partition coefficient (Wildman–Crippen LogP) is 4.46. The highest BCUT2D eigenvalue weighted by Crippen LogP contribution is 2.45. The summed E-state index contributed by atoms with van der Waals surface area (Å²) >= 11 is 5.85. The first-order valence-electron chi connectivity index (χ1n) is 9.67. The number of rotatable bonds is 6. The summed E-state index contributed by atoms with van der Waals surface area (Å²) < 4.78 is 19.5. The molecule has 1 aromatic carbocycles. The average Bonchev–Trinajstić information content (AvgIpc) is 3.46. The van der Waals surface area contributed by atoms with E-state index in [9.17, 15) is 4.39 Å². The van der Waals surface area contributed by atoms with Gasteiger partial charge in [-0.05, 0) is 61.6 Å². The Morgan fingerprint density at radius 3 is 2.64 bits per heavy atom. The molecule has 2 fully saturated rings. The second-order valence-electron chi connectivity index (χ2n) is 7.69. The smallest absolute Gasteiger partial charge is 0.225 e. The fraction of sp³-hybridized carbons (Fsp3) is 0.476. The number of aromatic nitrogens is 2. The number of piperidine rings is 1. The molecule has 0 spiro atoms. The molecule has 0 radical (unpaired) electrons. The monoisotopic (exact) mass is 400 g/mol. The molecule has 0 N–H and O–H groups in total. The molecule has 146 valence electrons. The minimum Gasteiger partial charge on any atom is -0.490 e. The van der Waals surface area contributed by atoms with Gasteiger partial charge in [0.2, 0.25) is 5.95 Å². The van der Waals surface area contributed by atoms with Gasteiger partial charge in [0.15, 0.2) is 11.6 Å². The van der Waals surface area contributed by atoms with Crippen molar-refractivity contribution >= 4 is 17.5 Å². The number of benzene rings is 1. The number of hydrogen-bond donors (Lipinski definition) is 0. The Labute approximate surface area is 169 Å². The van der Waals surface area contributed by atoms with E-state index >= 15 is 0 Å². The van der Waals surface area contributed by atoms with Gasteiger partial charge in [0, 0.05) is 13.1 Å². The zero-order chi connectivity index (χ0) is 19.5. The molecule has 4 rings (SSSR count). The second-order valence-corrected chi connectivity index (χ2v) is 8.13. The number of anilines is 1. The van der Waals surface area contributed by atoms with Crippen molar-refractivity contribution in [2.75, 3.05) is 24.6 Å². The Morgan fingerprint density at radius 1 is 1.21 bits per heavy atom.